The number of likely N-dealkylation sites (N-methyl/N-ethyl adjacent to an activating group) is 1. The van der Waals surface area contributed by atoms with Gasteiger partial charge in [0.15, 0.2) is 0 Å². The predicted octanol–water partition coefficient (Wildman–Crippen LogP) is 4.11. The van der Waals surface area contributed by atoms with E-state index in [2.05, 4.69) is 24.1 Å². The molecule has 0 aliphatic rings. The van der Waals surface area contributed by atoms with Gasteiger partial charge < -0.3 is 15.0 Å². The molecule has 1 amide bonds. The molecule has 7 nitrogen and oxygen atoms in total. The standard InChI is InChI=1S/C19H22ClN3O4/c1-13(2)22(3)11-10-21-19(24)14-4-7-16(8-5-14)27-18-9-6-15(20)12-17(18)23(25)26/h4-9,12-13H,10-11H2,1-3H3,(H,21,24). The number of nitro benzene ring substituents is 1. The third-order valence-electron chi connectivity index (χ3n) is 4.09. The van der Waals surface area contributed by atoms with E-state index in [1.165, 1.54) is 18.2 Å². The molecule has 0 bridgehead atoms. The van der Waals surface area contributed by atoms with Gasteiger partial charge in [0.25, 0.3) is 5.91 Å². The number of hydrogen-bond donors (Lipinski definition) is 1. The van der Waals surface area contributed by atoms with Crippen LogP contribution in [0.25, 0.3) is 0 Å². The summed E-state index contributed by atoms with van der Waals surface area (Å²) < 4.78 is 5.56. The molecule has 0 spiro atoms. The number of nitrogens with zero attached hydrogens (tertiary/aromatic N) is 2. The van der Waals surface area contributed by atoms with Crippen LogP contribution < -0.4 is 10.1 Å². The van der Waals surface area contributed by atoms with Crippen LogP contribution in [0.3, 0.4) is 0 Å². The number of halogens is 1. The van der Waals surface area contributed by atoms with Crippen molar-refractivity contribution in [3.63, 3.8) is 0 Å². The minimum absolute atomic E-state index is 0.0818. The quantitative estimate of drug-likeness (QED) is 0.540. The summed E-state index contributed by atoms with van der Waals surface area (Å²) in [5.74, 6) is 0.283. The highest BCUT2D eigenvalue weighted by Crippen LogP contribution is 2.33. The number of hydrogen-bond acceptors (Lipinski definition) is 5. The third kappa shape index (κ3) is 5.94. The summed E-state index contributed by atoms with van der Waals surface area (Å²) in [5.41, 5.74) is 0.263. The number of rotatable bonds is 8. The SMILES string of the molecule is CC(C)N(C)CCNC(=O)c1ccc(Oc2ccc(Cl)cc2[N+](=O)[O-])cc1. The van der Waals surface area contributed by atoms with Crippen molar-refractivity contribution in [1.29, 1.82) is 0 Å². The van der Waals surface area contributed by atoms with Crippen LogP contribution in [0.1, 0.15) is 24.2 Å². The maximum absolute atomic E-state index is 12.2. The van der Waals surface area contributed by atoms with Gasteiger partial charge in [0.05, 0.1) is 4.92 Å². The van der Waals surface area contributed by atoms with E-state index in [1.54, 1.807) is 24.3 Å². The largest absolute Gasteiger partial charge is 0.450 e. The van der Waals surface area contributed by atoms with Crippen molar-refractivity contribution in [1.82, 2.24) is 10.2 Å². The number of carbonyl (C=O) groups is 1. The Bertz CT molecular complexity index is 809. The van der Waals surface area contributed by atoms with Crippen LogP contribution in [0.2, 0.25) is 5.02 Å². The molecule has 0 saturated heterocycles. The highest BCUT2D eigenvalue weighted by Gasteiger charge is 2.16. The lowest BCUT2D eigenvalue weighted by Crippen LogP contribution is -2.36. The number of amides is 1. The highest BCUT2D eigenvalue weighted by atomic mass is 35.5. The van der Waals surface area contributed by atoms with Crippen LogP contribution >= 0.6 is 11.6 Å². The fraction of sp³-hybridized carbons (Fsp3) is 0.316. The lowest BCUT2D eigenvalue weighted by Gasteiger charge is -2.20. The molecule has 2 aromatic carbocycles. The fourth-order valence-electron chi connectivity index (χ4n) is 2.23. The van der Waals surface area contributed by atoms with Crippen molar-refractivity contribution in [2.75, 3.05) is 20.1 Å². The first-order valence-electron chi connectivity index (χ1n) is 8.48. The van der Waals surface area contributed by atoms with Gasteiger partial charge in [-0.25, -0.2) is 0 Å². The van der Waals surface area contributed by atoms with E-state index in [0.29, 0.717) is 23.9 Å². The van der Waals surface area contributed by atoms with E-state index in [4.69, 9.17) is 16.3 Å². The van der Waals surface area contributed by atoms with Gasteiger partial charge in [0.2, 0.25) is 5.75 Å². The van der Waals surface area contributed by atoms with Gasteiger partial charge in [-0.3, -0.25) is 14.9 Å². The van der Waals surface area contributed by atoms with E-state index >= 15 is 0 Å². The van der Waals surface area contributed by atoms with Crippen LogP contribution in [0.4, 0.5) is 5.69 Å². The molecule has 1 N–H and O–H groups in total. The van der Waals surface area contributed by atoms with Crippen molar-refractivity contribution >= 4 is 23.2 Å². The molecule has 0 atom stereocenters. The highest BCUT2D eigenvalue weighted by molar-refractivity contribution is 6.30. The zero-order chi connectivity index (χ0) is 20.0. The monoisotopic (exact) mass is 391 g/mol. The second-order valence-electron chi connectivity index (χ2n) is 6.33. The van der Waals surface area contributed by atoms with Crippen molar-refractivity contribution in [2.24, 2.45) is 0 Å². The smallest absolute Gasteiger partial charge is 0.313 e. The number of ether oxygens (including phenoxy) is 1. The van der Waals surface area contributed by atoms with Crippen molar-refractivity contribution in [2.45, 2.75) is 19.9 Å². The summed E-state index contributed by atoms with van der Waals surface area (Å²) in [6.45, 7) is 5.48. The van der Waals surface area contributed by atoms with Crippen LogP contribution in [-0.4, -0.2) is 41.9 Å². The first kappa shape index (κ1) is 20.7. The molecule has 27 heavy (non-hydrogen) atoms. The number of nitro groups is 1. The molecule has 2 aromatic rings. The van der Waals surface area contributed by atoms with Gasteiger partial charge in [-0.2, -0.15) is 0 Å². The second-order valence-corrected chi connectivity index (χ2v) is 6.76. The third-order valence-corrected chi connectivity index (χ3v) is 4.33. The van der Waals surface area contributed by atoms with Crippen molar-refractivity contribution in [3.8, 4) is 11.5 Å². The maximum atomic E-state index is 12.2. The lowest BCUT2D eigenvalue weighted by atomic mass is 10.2. The van der Waals surface area contributed by atoms with E-state index in [1.807, 2.05) is 7.05 Å². The molecule has 0 fully saturated rings. The Morgan fingerprint density at radius 1 is 1.26 bits per heavy atom. The van der Waals surface area contributed by atoms with Gasteiger partial charge in [-0.05, 0) is 57.3 Å². The van der Waals surface area contributed by atoms with Gasteiger partial charge in [0, 0.05) is 35.8 Å². The average molecular weight is 392 g/mol. The van der Waals surface area contributed by atoms with Crippen LogP contribution in [-0.2, 0) is 0 Å². The number of nitrogens with one attached hydrogen (secondary N) is 1. The Hall–Kier alpha value is -2.64. The van der Waals surface area contributed by atoms with E-state index in [9.17, 15) is 14.9 Å². The normalized spacial score (nSPS) is 10.9. The van der Waals surface area contributed by atoms with Crippen molar-refractivity contribution in [3.05, 3.63) is 63.2 Å². The summed E-state index contributed by atoms with van der Waals surface area (Å²) in [6, 6.07) is 11.0. The van der Waals surface area contributed by atoms with E-state index in [0.717, 1.165) is 6.54 Å². The minimum Gasteiger partial charge on any atom is -0.450 e. The molecule has 2 rings (SSSR count). The van der Waals surface area contributed by atoms with E-state index in [-0.39, 0.29) is 22.4 Å². The Balaban J connectivity index is 1.99. The summed E-state index contributed by atoms with van der Waals surface area (Å²) in [4.78, 5) is 24.9. The van der Waals surface area contributed by atoms with Crippen LogP contribution in [0.5, 0.6) is 11.5 Å². The molecule has 0 saturated carbocycles. The first-order valence-corrected chi connectivity index (χ1v) is 8.86. The van der Waals surface area contributed by atoms with Crippen LogP contribution in [0.15, 0.2) is 42.5 Å². The number of benzene rings is 2. The second kappa shape index (κ2) is 9.34. The first-order chi connectivity index (χ1) is 12.8. The summed E-state index contributed by atoms with van der Waals surface area (Å²) in [7, 11) is 2.00. The lowest BCUT2D eigenvalue weighted by molar-refractivity contribution is -0.385. The molecular formula is C19H22ClN3O4. The van der Waals surface area contributed by atoms with Gasteiger partial charge >= 0.3 is 5.69 Å². The Labute approximate surface area is 163 Å². The predicted molar refractivity (Wildman–Crippen MR) is 105 cm³/mol. The van der Waals surface area contributed by atoms with Crippen LogP contribution in [0, 0.1) is 10.1 Å². The summed E-state index contributed by atoms with van der Waals surface area (Å²) >= 11 is 5.79. The molecule has 0 aromatic heterocycles. The molecule has 0 unspecified atom stereocenters. The fourth-order valence-corrected chi connectivity index (χ4v) is 2.39. The summed E-state index contributed by atoms with van der Waals surface area (Å²) in [5, 5.41) is 14.2. The van der Waals surface area contributed by atoms with Gasteiger partial charge in [-0.15, -0.1) is 0 Å². The molecule has 0 heterocycles. The topological polar surface area (TPSA) is 84.7 Å². The maximum Gasteiger partial charge on any atom is 0.313 e. The molecular weight excluding hydrogens is 370 g/mol. The van der Waals surface area contributed by atoms with Gasteiger partial charge in [-0.1, -0.05) is 11.6 Å². The molecule has 144 valence electrons. The van der Waals surface area contributed by atoms with E-state index < -0.39 is 4.92 Å². The Kier molecular flexibility index (Phi) is 7.15. The molecule has 0 aliphatic heterocycles. The zero-order valence-electron chi connectivity index (χ0n) is 15.4. The van der Waals surface area contributed by atoms with Gasteiger partial charge in [0.1, 0.15) is 5.75 Å². The minimum atomic E-state index is -0.558. The molecule has 0 radical (unpaired) electrons. The number of carbonyl (C=O) groups excluding carboxylic acids is 1. The Morgan fingerprint density at radius 3 is 2.52 bits per heavy atom. The zero-order valence-corrected chi connectivity index (χ0v) is 16.2. The molecule has 8 heteroatoms. The molecule has 0 aliphatic carbocycles. The summed E-state index contributed by atoms with van der Waals surface area (Å²) in [6.07, 6.45) is 0. The van der Waals surface area contributed by atoms with Crippen molar-refractivity contribution < 1.29 is 14.5 Å². The average Bonchev–Trinajstić information content (AvgIpc) is 2.63. The Morgan fingerprint density at radius 2 is 1.93 bits per heavy atom.